The van der Waals surface area contributed by atoms with Crippen LogP contribution in [0.5, 0.6) is 0 Å². The zero-order chi connectivity index (χ0) is 20.5. The number of hydrogen-bond acceptors (Lipinski definition) is 5. The molecule has 0 spiro atoms. The fraction of sp³-hybridized carbons (Fsp3) is 0.167. The van der Waals surface area contributed by atoms with Gasteiger partial charge in [0.25, 0.3) is 5.56 Å². The molecule has 2 N–H and O–H groups in total. The summed E-state index contributed by atoms with van der Waals surface area (Å²) >= 11 is 1.47. The normalized spacial score (nSPS) is 16.1. The van der Waals surface area contributed by atoms with Crippen LogP contribution in [0.2, 0.25) is 0 Å². The highest BCUT2D eigenvalue weighted by atomic mass is 32.1. The molecular weight excluding hydrogens is 394 g/mol. The lowest BCUT2D eigenvalue weighted by Crippen LogP contribution is -2.22. The van der Waals surface area contributed by atoms with Crippen LogP contribution >= 0.6 is 11.3 Å². The molecule has 0 amide bonds. The highest BCUT2D eigenvalue weighted by molar-refractivity contribution is 7.23. The second-order valence-electron chi connectivity index (χ2n) is 7.40. The van der Waals surface area contributed by atoms with E-state index in [2.05, 4.69) is 10.6 Å². The summed E-state index contributed by atoms with van der Waals surface area (Å²) in [7, 11) is 0. The zero-order valence-corrected chi connectivity index (χ0v) is 17.1. The lowest BCUT2D eigenvalue weighted by molar-refractivity contribution is 0.104. The lowest BCUT2D eigenvalue weighted by atomic mass is 10.0. The van der Waals surface area contributed by atoms with E-state index in [-0.39, 0.29) is 17.4 Å². The molecule has 2 aromatic heterocycles. The third kappa shape index (κ3) is 3.34. The van der Waals surface area contributed by atoms with Crippen LogP contribution in [0.4, 0.5) is 5.00 Å². The van der Waals surface area contributed by atoms with Gasteiger partial charge in [0, 0.05) is 29.6 Å². The standard InChI is InChI=1S/C24H21N3O2S/c28-20-12-11-19-21(22(29)16-7-3-1-4-8-16)23(26-17-13-14-25-15-17)30-24(19)27(20)18-9-5-2-6-10-18/h1-12,17,25-26H,13-15H2/t17-/m0/s1. The predicted molar refractivity (Wildman–Crippen MR) is 122 cm³/mol. The second kappa shape index (κ2) is 7.89. The molecule has 1 aliphatic heterocycles. The first kappa shape index (κ1) is 18.8. The van der Waals surface area contributed by atoms with E-state index in [0.717, 1.165) is 40.4 Å². The Morgan fingerprint density at radius 3 is 2.43 bits per heavy atom. The Morgan fingerprint density at radius 2 is 1.73 bits per heavy atom. The van der Waals surface area contributed by atoms with Gasteiger partial charge in [0.1, 0.15) is 9.83 Å². The highest BCUT2D eigenvalue weighted by Gasteiger charge is 2.25. The molecule has 1 saturated heterocycles. The Balaban J connectivity index is 1.74. The van der Waals surface area contributed by atoms with Crippen molar-refractivity contribution < 1.29 is 4.79 Å². The highest BCUT2D eigenvalue weighted by Crippen LogP contribution is 2.38. The number of aromatic nitrogens is 1. The number of rotatable bonds is 5. The number of nitrogens with zero attached hydrogens (tertiary/aromatic N) is 1. The van der Waals surface area contributed by atoms with Crippen LogP contribution in [0, 0.1) is 0 Å². The third-order valence-electron chi connectivity index (χ3n) is 5.41. The van der Waals surface area contributed by atoms with Crippen molar-refractivity contribution in [2.75, 3.05) is 18.4 Å². The summed E-state index contributed by atoms with van der Waals surface area (Å²) in [5, 5.41) is 8.54. The van der Waals surface area contributed by atoms with E-state index < -0.39 is 0 Å². The van der Waals surface area contributed by atoms with Gasteiger partial charge in [-0.15, -0.1) is 0 Å². The van der Waals surface area contributed by atoms with Crippen LogP contribution < -0.4 is 16.2 Å². The van der Waals surface area contributed by atoms with Crippen molar-refractivity contribution in [3.63, 3.8) is 0 Å². The Kier molecular flexibility index (Phi) is 4.94. The zero-order valence-electron chi connectivity index (χ0n) is 16.3. The number of pyridine rings is 1. The second-order valence-corrected chi connectivity index (χ2v) is 8.40. The number of benzene rings is 2. The smallest absolute Gasteiger partial charge is 0.256 e. The first-order valence-electron chi connectivity index (χ1n) is 10.0. The number of nitrogens with one attached hydrogen (secondary N) is 2. The monoisotopic (exact) mass is 415 g/mol. The van der Waals surface area contributed by atoms with E-state index in [1.807, 2.05) is 60.7 Å². The molecule has 150 valence electrons. The number of hydrogen-bond donors (Lipinski definition) is 2. The number of para-hydroxylation sites is 1. The maximum absolute atomic E-state index is 13.5. The molecule has 6 heteroatoms. The molecule has 0 unspecified atom stereocenters. The van der Waals surface area contributed by atoms with Gasteiger partial charge in [-0.3, -0.25) is 14.2 Å². The van der Waals surface area contributed by atoms with Crippen molar-refractivity contribution in [2.24, 2.45) is 0 Å². The average Bonchev–Trinajstić information content (AvgIpc) is 3.42. The van der Waals surface area contributed by atoms with E-state index >= 15 is 0 Å². The molecule has 30 heavy (non-hydrogen) atoms. The summed E-state index contributed by atoms with van der Waals surface area (Å²) in [5.41, 5.74) is 1.96. The Labute approximate surface area is 178 Å². The molecule has 1 atom stereocenters. The topological polar surface area (TPSA) is 63.1 Å². The van der Waals surface area contributed by atoms with Crippen LogP contribution in [0.3, 0.4) is 0 Å². The van der Waals surface area contributed by atoms with Crippen LogP contribution in [0.15, 0.2) is 77.6 Å². The first-order valence-corrected chi connectivity index (χ1v) is 10.8. The summed E-state index contributed by atoms with van der Waals surface area (Å²) in [6, 6.07) is 22.5. The molecule has 1 aliphatic rings. The molecule has 5 rings (SSSR count). The Hall–Kier alpha value is -3.22. The molecule has 2 aromatic carbocycles. The van der Waals surface area contributed by atoms with Gasteiger partial charge in [-0.1, -0.05) is 59.9 Å². The van der Waals surface area contributed by atoms with Crippen molar-refractivity contribution in [3.05, 3.63) is 94.3 Å². The Morgan fingerprint density at radius 1 is 1.00 bits per heavy atom. The van der Waals surface area contributed by atoms with E-state index in [9.17, 15) is 9.59 Å². The first-order chi connectivity index (χ1) is 14.7. The number of carbonyl (C=O) groups is 1. The molecule has 0 radical (unpaired) electrons. The summed E-state index contributed by atoms with van der Waals surface area (Å²) in [5.74, 6) is -0.0337. The summed E-state index contributed by atoms with van der Waals surface area (Å²) < 4.78 is 1.69. The molecular formula is C24H21N3O2S. The van der Waals surface area contributed by atoms with Crippen LogP contribution in [-0.2, 0) is 0 Å². The summed E-state index contributed by atoms with van der Waals surface area (Å²) in [4.78, 5) is 27.1. The summed E-state index contributed by atoms with van der Waals surface area (Å²) in [6.07, 6.45) is 0.999. The Bertz CT molecular complexity index is 1260. The quantitative estimate of drug-likeness (QED) is 0.483. The van der Waals surface area contributed by atoms with E-state index in [0.29, 0.717) is 11.1 Å². The molecule has 0 bridgehead atoms. The minimum atomic E-state index is -0.109. The van der Waals surface area contributed by atoms with E-state index in [1.54, 1.807) is 16.7 Å². The van der Waals surface area contributed by atoms with Gasteiger partial charge in [0.05, 0.1) is 11.3 Å². The predicted octanol–water partition coefficient (Wildman–Crippen LogP) is 4.06. The molecule has 3 heterocycles. The van der Waals surface area contributed by atoms with Crippen LogP contribution in [-0.4, -0.2) is 29.5 Å². The van der Waals surface area contributed by atoms with Gasteiger partial charge >= 0.3 is 0 Å². The van der Waals surface area contributed by atoms with Gasteiger partial charge in [-0.05, 0) is 31.2 Å². The largest absolute Gasteiger partial charge is 0.372 e. The minimum absolute atomic E-state index is 0.0337. The number of carbonyl (C=O) groups excluding carboxylic acids is 1. The summed E-state index contributed by atoms with van der Waals surface area (Å²) in [6.45, 7) is 1.82. The average molecular weight is 416 g/mol. The van der Waals surface area contributed by atoms with Crippen molar-refractivity contribution in [1.82, 2.24) is 9.88 Å². The van der Waals surface area contributed by atoms with E-state index in [4.69, 9.17) is 0 Å². The van der Waals surface area contributed by atoms with Crippen LogP contribution in [0.1, 0.15) is 22.3 Å². The number of thiophene rings is 1. The number of ketones is 1. The lowest BCUT2D eigenvalue weighted by Gasteiger charge is -2.12. The SMILES string of the molecule is O=C(c1ccccc1)c1c(N[C@H]2CCNC2)sc2c1ccc(=O)n2-c1ccccc1. The van der Waals surface area contributed by atoms with Crippen molar-refractivity contribution in [2.45, 2.75) is 12.5 Å². The van der Waals surface area contributed by atoms with Crippen molar-refractivity contribution in [3.8, 4) is 5.69 Å². The number of fused-ring (bicyclic) bond motifs is 1. The minimum Gasteiger partial charge on any atom is -0.372 e. The van der Waals surface area contributed by atoms with Gasteiger partial charge in [-0.2, -0.15) is 0 Å². The maximum Gasteiger partial charge on any atom is 0.256 e. The van der Waals surface area contributed by atoms with E-state index in [1.165, 1.54) is 11.3 Å². The fourth-order valence-electron chi connectivity index (χ4n) is 3.93. The third-order valence-corrected chi connectivity index (χ3v) is 6.54. The van der Waals surface area contributed by atoms with Crippen LogP contribution in [0.25, 0.3) is 15.9 Å². The number of anilines is 1. The molecule has 1 fully saturated rings. The molecule has 0 saturated carbocycles. The fourth-order valence-corrected chi connectivity index (χ4v) is 5.22. The molecule has 4 aromatic rings. The molecule has 5 nitrogen and oxygen atoms in total. The van der Waals surface area contributed by atoms with Crippen molar-refractivity contribution in [1.29, 1.82) is 0 Å². The van der Waals surface area contributed by atoms with Gasteiger partial charge < -0.3 is 10.6 Å². The maximum atomic E-state index is 13.5. The molecule has 0 aliphatic carbocycles. The van der Waals surface area contributed by atoms with Crippen molar-refractivity contribution >= 4 is 32.3 Å². The van der Waals surface area contributed by atoms with Gasteiger partial charge in [-0.25, -0.2) is 0 Å². The van der Waals surface area contributed by atoms with Gasteiger partial charge in [0.2, 0.25) is 0 Å². The van der Waals surface area contributed by atoms with Gasteiger partial charge in [0.15, 0.2) is 5.78 Å².